The van der Waals surface area contributed by atoms with Crippen LogP contribution in [0, 0.1) is 6.92 Å². The van der Waals surface area contributed by atoms with Gasteiger partial charge in [0.1, 0.15) is 6.29 Å². The highest BCUT2D eigenvalue weighted by molar-refractivity contribution is 5.75. The van der Waals surface area contributed by atoms with E-state index in [4.69, 9.17) is 9.26 Å². The van der Waals surface area contributed by atoms with E-state index in [1.165, 1.54) is 0 Å². The Morgan fingerprint density at radius 3 is 2.19 bits per heavy atom. The highest BCUT2D eigenvalue weighted by Crippen LogP contribution is 2.46. The molecule has 0 bridgehead atoms. The molecule has 0 spiro atoms. The fraction of sp³-hybridized carbons (Fsp3) is 0.304. The van der Waals surface area contributed by atoms with E-state index in [2.05, 4.69) is 53.7 Å². The van der Waals surface area contributed by atoms with Gasteiger partial charge in [0, 0.05) is 17.5 Å². The van der Waals surface area contributed by atoms with Gasteiger partial charge in [0.25, 0.3) is 0 Å². The summed E-state index contributed by atoms with van der Waals surface area (Å²) in [7, 11) is 0. The standard InChI is InChI=1S/C23H21NO3/c1-15-21(12-20-13-26-20)22(27-24-15)18-4-2-16(3-5-18)17-6-8-19(9-7-17)23(14-25)10-11-23/h2-9,14,20H,10-13H2,1H3. The maximum atomic E-state index is 11.3. The number of epoxide rings is 1. The Labute approximate surface area is 158 Å². The molecule has 2 aliphatic rings. The quantitative estimate of drug-likeness (QED) is 0.481. The molecule has 2 fully saturated rings. The number of aldehydes is 1. The molecule has 4 heteroatoms. The summed E-state index contributed by atoms with van der Waals surface area (Å²) < 4.78 is 10.9. The van der Waals surface area contributed by atoms with Gasteiger partial charge < -0.3 is 14.1 Å². The molecular weight excluding hydrogens is 338 g/mol. The smallest absolute Gasteiger partial charge is 0.170 e. The van der Waals surface area contributed by atoms with Crippen LogP contribution < -0.4 is 0 Å². The topological polar surface area (TPSA) is 55.6 Å². The maximum Gasteiger partial charge on any atom is 0.170 e. The van der Waals surface area contributed by atoms with Crippen molar-refractivity contribution in [2.45, 2.75) is 37.7 Å². The van der Waals surface area contributed by atoms with Crippen molar-refractivity contribution in [3.63, 3.8) is 0 Å². The van der Waals surface area contributed by atoms with Gasteiger partial charge in [-0.2, -0.15) is 0 Å². The average molecular weight is 359 g/mol. The minimum absolute atomic E-state index is 0.214. The number of nitrogens with zero attached hydrogens (tertiary/aromatic N) is 1. The Morgan fingerprint density at radius 1 is 1.04 bits per heavy atom. The van der Waals surface area contributed by atoms with E-state index < -0.39 is 0 Å². The van der Waals surface area contributed by atoms with Gasteiger partial charge >= 0.3 is 0 Å². The third kappa shape index (κ3) is 3.00. The van der Waals surface area contributed by atoms with Crippen molar-refractivity contribution >= 4 is 6.29 Å². The van der Waals surface area contributed by atoms with Crippen molar-refractivity contribution < 1.29 is 14.1 Å². The van der Waals surface area contributed by atoms with Crippen molar-refractivity contribution in [3.05, 3.63) is 65.4 Å². The van der Waals surface area contributed by atoms with Gasteiger partial charge in [0.2, 0.25) is 0 Å². The maximum absolute atomic E-state index is 11.3. The molecule has 3 aromatic rings. The Kier molecular flexibility index (Phi) is 3.76. The molecule has 0 N–H and O–H groups in total. The van der Waals surface area contributed by atoms with Gasteiger partial charge in [-0.05, 0) is 36.5 Å². The van der Waals surface area contributed by atoms with Crippen LogP contribution in [0.2, 0.25) is 0 Å². The monoisotopic (exact) mass is 359 g/mol. The summed E-state index contributed by atoms with van der Waals surface area (Å²) in [5.74, 6) is 0.839. The van der Waals surface area contributed by atoms with Crippen molar-refractivity contribution in [3.8, 4) is 22.5 Å². The molecule has 1 saturated carbocycles. The second-order valence-electron chi connectivity index (χ2n) is 7.66. The predicted molar refractivity (Wildman–Crippen MR) is 103 cm³/mol. The number of carbonyl (C=O) groups excluding carboxylic acids is 1. The number of aryl methyl sites for hydroxylation is 1. The van der Waals surface area contributed by atoms with E-state index in [-0.39, 0.29) is 5.41 Å². The van der Waals surface area contributed by atoms with Crippen LogP contribution in [0.25, 0.3) is 22.5 Å². The first-order chi connectivity index (χ1) is 13.2. The number of aromatic nitrogens is 1. The average Bonchev–Trinajstić information content (AvgIpc) is 3.63. The van der Waals surface area contributed by atoms with Gasteiger partial charge in [0.05, 0.1) is 23.8 Å². The molecule has 1 aromatic heterocycles. The molecule has 1 aliphatic carbocycles. The number of ether oxygens (including phenoxy) is 1. The van der Waals surface area contributed by atoms with Crippen LogP contribution in [0.1, 0.15) is 29.7 Å². The SMILES string of the molecule is Cc1noc(-c2ccc(-c3ccc(C4(C=O)CC4)cc3)cc2)c1CC1CO1. The van der Waals surface area contributed by atoms with Gasteiger partial charge in [-0.25, -0.2) is 0 Å². The van der Waals surface area contributed by atoms with Crippen LogP contribution in [0.15, 0.2) is 53.1 Å². The van der Waals surface area contributed by atoms with Crippen molar-refractivity contribution in [2.75, 3.05) is 6.61 Å². The third-order valence-electron chi connectivity index (χ3n) is 5.77. The molecule has 0 radical (unpaired) electrons. The molecule has 1 atom stereocenters. The Bertz CT molecular complexity index is 977. The van der Waals surface area contributed by atoms with E-state index in [1.807, 2.05) is 6.92 Å². The van der Waals surface area contributed by atoms with Crippen molar-refractivity contribution in [1.29, 1.82) is 0 Å². The number of benzene rings is 2. The second kappa shape index (κ2) is 6.17. The molecule has 4 nitrogen and oxygen atoms in total. The van der Waals surface area contributed by atoms with E-state index in [9.17, 15) is 4.79 Å². The zero-order valence-corrected chi connectivity index (χ0v) is 15.3. The summed E-state index contributed by atoms with van der Waals surface area (Å²) in [6, 6.07) is 16.7. The van der Waals surface area contributed by atoms with Gasteiger partial charge in [-0.3, -0.25) is 0 Å². The number of hydrogen-bond acceptors (Lipinski definition) is 4. The largest absolute Gasteiger partial charge is 0.373 e. The molecule has 1 unspecified atom stereocenters. The first-order valence-electron chi connectivity index (χ1n) is 9.43. The molecule has 2 aromatic carbocycles. The molecule has 1 saturated heterocycles. The van der Waals surface area contributed by atoms with Gasteiger partial charge in [-0.15, -0.1) is 0 Å². The lowest BCUT2D eigenvalue weighted by atomic mass is 9.94. The second-order valence-corrected chi connectivity index (χ2v) is 7.66. The zero-order chi connectivity index (χ0) is 18.4. The fourth-order valence-electron chi connectivity index (χ4n) is 3.69. The lowest BCUT2D eigenvalue weighted by Gasteiger charge is -2.09. The number of rotatable bonds is 6. The van der Waals surface area contributed by atoms with Crippen LogP contribution in [0.4, 0.5) is 0 Å². The Hall–Kier alpha value is -2.72. The third-order valence-corrected chi connectivity index (χ3v) is 5.77. The minimum Gasteiger partial charge on any atom is -0.373 e. The Morgan fingerprint density at radius 2 is 1.63 bits per heavy atom. The van der Waals surface area contributed by atoms with E-state index >= 15 is 0 Å². The molecule has 0 amide bonds. The van der Waals surface area contributed by atoms with Gasteiger partial charge in [0.15, 0.2) is 5.76 Å². The normalized spacial score (nSPS) is 19.7. The minimum atomic E-state index is -0.214. The summed E-state index contributed by atoms with van der Waals surface area (Å²) in [4.78, 5) is 11.3. The van der Waals surface area contributed by atoms with Gasteiger partial charge in [-0.1, -0.05) is 53.7 Å². The molecular formula is C23H21NO3. The number of hydrogen-bond donors (Lipinski definition) is 0. The summed E-state index contributed by atoms with van der Waals surface area (Å²) in [5.41, 5.74) is 6.31. The first kappa shape index (κ1) is 16.5. The van der Waals surface area contributed by atoms with Crippen LogP contribution in [0.5, 0.6) is 0 Å². The Balaban J connectivity index is 1.40. The number of carbonyl (C=O) groups is 1. The van der Waals surface area contributed by atoms with E-state index in [0.29, 0.717) is 6.10 Å². The van der Waals surface area contributed by atoms with E-state index in [1.54, 1.807) is 0 Å². The zero-order valence-electron chi connectivity index (χ0n) is 15.3. The van der Waals surface area contributed by atoms with Crippen LogP contribution in [0.3, 0.4) is 0 Å². The molecule has 2 heterocycles. The molecule has 5 rings (SSSR count). The summed E-state index contributed by atoms with van der Waals surface area (Å²) >= 11 is 0. The lowest BCUT2D eigenvalue weighted by Crippen LogP contribution is -2.07. The van der Waals surface area contributed by atoms with Crippen LogP contribution >= 0.6 is 0 Å². The van der Waals surface area contributed by atoms with Crippen LogP contribution in [-0.2, 0) is 21.4 Å². The van der Waals surface area contributed by atoms with Crippen molar-refractivity contribution in [2.24, 2.45) is 0 Å². The highest BCUT2D eigenvalue weighted by atomic mass is 16.6. The predicted octanol–water partition coefficient (Wildman–Crippen LogP) is 4.49. The van der Waals surface area contributed by atoms with Crippen molar-refractivity contribution in [1.82, 2.24) is 5.16 Å². The van der Waals surface area contributed by atoms with Crippen LogP contribution in [-0.4, -0.2) is 24.2 Å². The highest BCUT2D eigenvalue weighted by Gasteiger charge is 2.44. The lowest BCUT2D eigenvalue weighted by molar-refractivity contribution is -0.109. The fourth-order valence-corrected chi connectivity index (χ4v) is 3.69. The van der Waals surface area contributed by atoms with E-state index in [0.717, 1.165) is 71.4 Å². The summed E-state index contributed by atoms with van der Waals surface area (Å²) in [5, 5.41) is 4.14. The first-order valence-corrected chi connectivity index (χ1v) is 9.43. The summed E-state index contributed by atoms with van der Waals surface area (Å²) in [6.45, 7) is 2.80. The molecule has 136 valence electrons. The molecule has 1 aliphatic heterocycles. The summed E-state index contributed by atoms with van der Waals surface area (Å²) in [6.07, 6.45) is 4.19. The molecule has 27 heavy (non-hydrogen) atoms.